The first-order chi connectivity index (χ1) is 9.90. The molecule has 0 radical (unpaired) electrons. The summed E-state index contributed by atoms with van der Waals surface area (Å²) in [5.74, 6) is -0.119. The number of carbonyl (C=O) groups is 1. The summed E-state index contributed by atoms with van der Waals surface area (Å²) < 4.78 is 38.2. The third-order valence-electron chi connectivity index (χ3n) is 4.39. The fourth-order valence-electron chi connectivity index (χ4n) is 3.14. The van der Waals surface area contributed by atoms with Crippen LogP contribution in [0, 0.1) is 5.41 Å². The van der Waals surface area contributed by atoms with E-state index in [9.17, 15) is 18.0 Å². The second-order valence-corrected chi connectivity index (χ2v) is 5.83. The van der Waals surface area contributed by atoms with E-state index < -0.39 is 11.7 Å². The lowest BCUT2D eigenvalue weighted by molar-refractivity contribution is -0.138. The minimum Gasteiger partial charge on any atom is -0.316 e. The topological polar surface area (TPSA) is 45.2 Å². The summed E-state index contributed by atoms with van der Waals surface area (Å²) in [6.45, 7) is 2.16. The van der Waals surface area contributed by atoms with Crippen molar-refractivity contribution in [2.24, 2.45) is 5.41 Å². The van der Waals surface area contributed by atoms with Gasteiger partial charge >= 0.3 is 6.18 Å². The highest BCUT2D eigenvalue weighted by Gasteiger charge is 2.41. The summed E-state index contributed by atoms with van der Waals surface area (Å²) in [6.07, 6.45) is -0.206. The number of amides is 1. The highest BCUT2D eigenvalue weighted by atomic mass is 19.4. The molecule has 0 aromatic carbocycles. The van der Waals surface area contributed by atoms with E-state index in [4.69, 9.17) is 0 Å². The molecule has 2 aliphatic rings. The lowest BCUT2D eigenvalue weighted by Crippen LogP contribution is -2.45. The van der Waals surface area contributed by atoms with Gasteiger partial charge in [-0.15, -0.1) is 0 Å². The van der Waals surface area contributed by atoms with Crippen LogP contribution >= 0.6 is 0 Å². The van der Waals surface area contributed by atoms with Crippen LogP contribution < -0.4 is 10.2 Å². The monoisotopic (exact) mass is 299 g/mol. The highest BCUT2D eigenvalue weighted by molar-refractivity contribution is 5.94. The van der Waals surface area contributed by atoms with E-state index in [-0.39, 0.29) is 17.0 Å². The number of pyridine rings is 1. The Balaban J connectivity index is 1.80. The average molecular weight is 299 g/mol. The first kappa shape index (κ1) is 14.3. The molecular weight excluding hydrogens is 283 g/mol. The van der Waals surface area contributed by atoms with Gasteiger partial charge in [0.15, 0.2) is 0 Å². The molecule has 1 amide bonds. The predicted molar refractivity (Wildman–Crippen MR) is 70.7 cm³/mol. The van der Waals surface area contributed by atoms with Crippen LogP contribution in [0.15, 0.2) is 18.5 Å². The number of anilines is 1. The number of alkyl halides is 3. The van der Waals surface area contributed by atoms with Crippen molar-refractivity contribution in [2.45, 2.75) is 25.4 Å². The first-order valence-corrected chi connectivity index (χ1v) is 6.93. The first-order valence-electron chi connectivity index (χ1n) is 6.93. The zero-order valence-corrected chi connectivity index (χ0v) is 11.4. The van der Waals surface area contributed by atoms with Crippen LogP contribution in [0.1, 0.15) is 24.8 Å². The third-order valence-corrected chi connectivity index (χ3v) is 4.39. The van der Waals surface area contributed by atoms with Gasteiger partial charge in [-0.05, 0) is 30.9 Å². The Morgan fingerprint density at radius 3 is 2.71 bits per heavy atom. The summed E-state index contributed by atoms with van der Waals surface area (Å²) in [7, 11) is 0. The van der Waals surface area contributed by atoms with Crippen molar-refractivity contribution >= 4 is 11.6 Å². The zero-order valence-electron chi connectivity index (χ0n) is 11.4. The summed E-state index contributed by atoms with van der Waals surface area (Å²) >= 11 is 0. The van der Waals surface area contributed by atoms with Crippen LogP contribution in [-0.4, -0.2) is 30.5 Å². The molecule has 0 aliphatic carbocycles. The molecule has 0 saturated carbocycles. The van der Waals surface area contributed by atoms with E-state index in [2.05, 4.69) is 10.3 Å². The average Bonchev–Trinajstić information content (AvgIpc) is 2.86. The van der Waals surface area contributed by atoms with Crippen molar-refractivity contribution in [2.75, 3.05) is 24.5 Å². The van der Waals surface area contributed by atoms with Crippen molar-refractivity contribution in [3.63, 3.8) is 0 Å². The molecule has 3 heterocycles. The lowest BCUT2D eigenvalue weighted by Gasteiger charge is -2.38. The Morgan fingerprint density at radius 1 is 1.29 bits per heavy atom. The maximum Gasteiger partial charge on any atom is 0.417 e. The molecule has 1 atom stereocenters. The van der Waals surface area contributed by atoms with Gasteiger partial charge in [-0.3, -0.25) is 9.78 Å². The smallest absolute Gasteiger partial charge is 0.316 e. The number of rotatable bonds is 1. The Kier molecular flexibility index (Phi) is 3.39. The Morgan fingerprint density at radius 2 is 2.10 bits per heavy atom. The summed E-state index contributed by atoms with van der Waals surface area (Å²) in [5.41, 5.74) is -0.603. The molecule has 1 unspecified atom stereocenters. The van der Waals surface area contributed by atoms with E-state index >= 15 is 0 Å². The molecule has 114 valence electrons. The van der Waals surface area contributed by atoms with Crippen molar-refractivity contribution in [1.29, 1.82) is 0 Å². The maximum atomic E-state index is 12.7. The van der Waals surface area contributed by atoms with Gasteiger partial charge in [-0.25, -0.2) is 0 Å². The van der Waals surface area contributed by atoms with Crippen LogP contribution in [0.4, 0.5) is 18.9 Å². The van der Waals surface area contributed by atoms with Crippen molar-refractivity contribution in [1.82, 2.24) is 10.3 Å². The largest absolute Gasteiger partial charge is 0.417 e. The minimum atomic E-state index is -4.45. The number of halogens is 3. The third kappa shape index (κ3) is 2.74. The number of carbonyl (C=O) groups excluding carboxylic acids is 1. The van der Waals surface area contributed by atoms with Crippen LogP contribution in [0.5, 0.6) is 0 Å². The number of nitrogens with one attached hydrogen (secondary N) is 1. The highest BCUT2D eigenvalue weighted by Crippen LogP contribution is 2.39. The lowest BCUT2D eigenvalue weighted by atomic mass is 9.77. The molecule has 2 fully saturated rings. The molecule has 21 heavy (non-hydrogen) atoms. The zero-order chi connectivity index (χ0) is 15.1. The van der Waals surface area contributed by atoms with Gasteiger partial charge in [0.1, 0.15) is 0 Å². The molecule has 3 rings (SSSR count). The molecular formula is C14H16F3N3O. The molecule has 1 aromatic heterocycles. The van der Waals surface area contributed by atoms with Gasteiger partial charge in [0, 0.05) is 25.7 Å². The van der Waals surface area contributed by atoms with Gasteiger partial charge in [-0.2, -0.15) is 13.2 Å². The molecule has 0 bridgehead atoms. The van der Waals surface area contributed by atoms with Crippen LogP contribution in [0.2, 0.25) is 0 Å². The molecule has 1 N–H and O–H groups in total. The van der Waals surface area contributed by atoms with Crippen molar-refractivity contribution in [3.05, 3.63) is 24.0 Å². The fourth-order valence-corrected chi connectivity index (χ4v) is 3.14. The molecule has 2 saturated heterocycles. The second kappa shape index (κ2) is 4.98. The quantitative estimate of drug-likeness (QED) is 0.865. The molecule has 4 nitrogen and oxygen atoms in total. The summed E-state index contributed by atoms with van der Waals surface area (Å²) in [6, 6.07) is 0.996. The number of hydrogen-bond donors (Lipinski definition) is 1. The van der Waals surface area contributed by atoms with Crippen molar-refractivity contribution in [3.8, 4) is 0 Å². The van der Waals surface area contributed by atoms with Gasteiger partial charge in [-0.1, -0.05) is 0 Å². The SMILES string of the molecule is O=C1CC2(CCNC2)CCN1c1cncc(C(F)(F)F)c1. The predicted octanol–water partition coefficient (Wildman–Crippen LogP) is 2.21. The minimum absolute atomic E-state index is 0.0113. The molecule has 1 aromatic rings. The summed E-state index contributed by atoms with van der Waals surface area (Å²) in [5, 5.41) is 3.26. The van der Waals surface area contributed by atoms with Gasteiger partial charge in [0.25, 0.3) is 0 Å². The number of nitrogens with zero attached hydrogens (tertiary/aromatic N) is 2. The van der Waals surface area contributed by atoms with E-state index in [0.717, 1.165) is 38.2 Å². The van der Waals surface area contributed by atoms with Crippen LogP contribution in [0.3, 0.4) is 0 Å². The maximum absolute atomic E-state index is 12.7. The number of hydrogen-bond acceptors (Lipinski definition) is 3. The van der Waals surface area contributed by atoms with E-state index in [1.165, 1.54) is 11.1 Å². The second-order valence-electron chi connectivity index (χ2n) is 5.83. The fraction of sp³-hybridized carbons (Fsp3) is 0.571. The van der Waals surface area contributed by atoms with Crippen LogP contribution in [0.25, 0.3) is 0 Å². The van der Waals surface area contributed by atoms with Gasteiger partial charge < -0.3 is 10.2 Å². The standard InChI is InChI=1S/C14H16F3N3O/c15-14(16,17)10-5-11(8-19-7-10)20-4-2-13(6-12(20)21)1-3-18-9-13/h5,7-8,18H,1-4,6,9H2. The number of piperidine rings is 1. The Labute approximate surface area is 120 Å². The van der Waals surface area contributed by atoms with Gasteiger partial charge in [0.2, 0.25) is 5.91 Å². The molecule has 7 heteroatoms. The van der Waals surface area contributed by atoms with Crippen molar-refractivity contribution < 1.29 is 18.0 Å². The Bertz CT molecular complexity index is 553. The normalized spacial score (nSPS) is 26.6. The van der Waals surface area contributed by atoms with Gasteiger partial charge in [0.05, 0.1) is 17.4 Å². The van der Waals surface area contributed by atoms with E-state index in [0.29, 0.717) is 13.0 Å². The summed E-state index contributed by atoms with van der Waals surface area (Å²) in [4.78, 5) is 17.4. The van der Waals surface area contributed by atoms with E-state index in [1.54, 1.807) is 0 Å². The van der Waals surface area contributed by atoms with E-state index in [1.807, 2.05) is 0 Å². The van der Waals surface area contributed by atoms with Crippen LogP contribution in [-0.2, 0) is 11.0 Å². The molecule has 2 aliphatic heterocycles. The Hall–Kier alpha value is -1.63. The molecule has 1 spiro atoms. The number of aromatic nitrogens is 1.